The maximum absolute atomic E-state index is 12.0. The average Bonchev–Trinajstić information content (AvgIpc) is 3.19. The van der Waals surface area contributed by atoms with Gasteiger partial charge in [-0.05, 0) is 31.4 Å². The quantitative estimate of drug-likeness (QED) is 0.696. The molecule has 1 saturated carbocycles. The Kier molecular flexibility index (Phi) is 3.82. The number of nitrogens with zero attached hydrogens (tertiary/aromatic N) is 1. The summed E-state index contributed by atoms with van der Waals surface area (Å²) in [4.78, 5) is 14.4. The van der Waals surface area contributed by atoms with Gasteiger partial charge in [-0.25, -0.2) is 0 Å². The van der Waals surface area contributed by atoms with E-state index in [2.05, 4.69) is 17.9 Å². The predicted octanol–water partition coefficient (Wildman–Crippen LogP) is 3.66. The predicted molar refractivity (Wildman–Crippen MR) is 71.7 cm³/mol. The molecule has 0 heterocycles. The van der Waals surface area contributed by atoms with Gasteiger partial charge in [0.2, 0.25) is 0 Å². The van der Waals surface area contributed by atoms with E-state index in [0.717, 1.165) is 24.2 Å². The van der Waals surface area contributed by atoms with Crippen molar-refractivity contribution in [2.45, 2.75) is 45.6 Å². The van der Waals surface area contributed by atoms with E-state index in [4.69, 9.17) is 0 Å². The number of Topliss-reactive ketones (excluding diaryl/α,β-unsaturated/α-hetero) is 1. The standard InChI is InChI=1S/C15H21NO/c1-3-11-16(12-9-10-12)14-8-6-5-7-13(14)15(17)4-2/h5-8,12H,3-4,9-11H2,1-2H3. The van der Waals surface area contributed by atoms with Crippen LogP contribution < -0.4 is 4.90 Å². The Bertz CT molecular complexity index is 396. The maximum atomic E-state index is 12.0. The molecule has 1 aliphatic carbocycles. The molecule has 0 atom stereocenters. The highest BCUT2D eigenvalue weighted by atomic mass is 16.1. The van der Waals surface area contributed by atoms with Crippen molar-refractivity contribution in [1.82, 2.24) is 0 Å². The minimum absolute atomic E-state index is 0.252. The van der Waals surface area contributed by atoms with Crippen LogP contribution in [0.25, 0.3) is 0 Å². The largest absolute Gasteiger partial charge is 0.368 e. The third kappa shape index (κ3) is 2.68. The summed E-state index contributed by atoms with van der Waals surface area (Å²) in [5.41, 5.74) is 2.04. The van der Waals surface area contributed by atoms with Gasteiger partial charge in [0.15, 0.2) is 5.78 Å². The van der Waals surface area contributed by atoms with Gasteiger partial charge in [-0.2, -0.15) is 0 Å². The number of ketones is 1. The molecule has 2 heteroatoms. The summed E-state index contributed by atoms with van der Waals surface area (Å²) in [6.07, 6.45) is 4.26. The van der Waals surface area contributed by atoms with Crippen LogP contribution in [0.1, 0.15) is 49.9 Å². The molecule has 2 nitrogen and oxygen atoms in total. The van der Waals surface area contributed by atoms with Gasteiger partial charge in [-0.15, -0.1) is 0 Å². The van der Waals surface area contributed by atoms with E-state index >= 15 is 0 Å². The molecule has 0 radical (unpaired) electrons. The fourth-order valence-electron chi connectivity index (χ4n) is 2.28. The molecule has 0 aromatic heterocycles. The summed E-state index contributed by atoms with van der Waals surface area (Å²) in [6, 6.07) is 8.72. The van der Waals surface area contributed by atoms with Gasteiger partial charge in [0, 0.05) is 30.3 Å². The van der Waals surface area contributed by atoms with Crippen LogP contribution in [-0.2, 0) is 0 Å². The first kappa shape index (κ1) is 12.2. The molecule has 1 aromatic carbocycles. The van der Waals surface area contributed by atoms with E-state index in [1.807, 2.05) is 25.1 Å². The Morgan fingerprint density at radius 2 is 2.00 bits per heavy atom. The molecule has 0 spiro atoms. The molecule has 0 bridgehead atoms. The molecule has 0 N–H and O–H groups in total. The number of benzene rings is 1. The minimum Gasteiger partial charge on any atom is -0.368 e. The lowest BCUT2D eigenvalue weighted by atomic mass is 10.1. The second kappa shape index (κ2) is 5.35. The van der Waals surface area contributed by atoms with Gasteiger partial charge in [0.1, 0.15) is 0 Å². The Labute approximate surface area is 104 Å². The van der Waals surface area contributed by atoms with Crippen LogP contribution in [0, 0.1) is 0 Å². The van der Waals surface area contributed by atoms with Crippen LogP contribution in [0.4, 0.5) is 5.69 Å². The van der Waals surface area contributed by atoms with Gasteiger partial charge >= 0.3 is 0 Å². The van der Waals surface area contributed by atoms with Gasteiger partial charge in [0.25, 0.3) is 0 Å². The molecule has 0 aliphatic heterocycles. The van der Waals surface area contributed by atoms with Crippen molar-refractivity contribution in [2.75, 3.05) is 11.4 Å². The topological polar surface area (TPSA) is 20.3 Å². The maximum Gasteiger partial charge on any atom is 0.164 e. The zero-order valence-corrected chi connectivity index (χ0v) is 10.8. The monoisotopic (exact) mass is 231 g/mol. The van der Waals surface area contributed by atoms with Crippen LogP contribution >= 0.6 is 0 Å². The highest BCUT2D eigenvalue weighted by molar-refractivity contribution is 6.01. The average molecular weight is 231 g/mol. The summed E-state index contributed by atoms with van der Waals surface area (Å²) in [5.74, 6) is 0.252. The molecule has 2 rings (SSSR count). The molecule has 0 amide bonds. The number of carbonyl (C=O) groups is 1. The molecule has 1 aromatic rings. The molecule has 0 unspecified atom stereocenters. The molecule has 1 aliphatic rings. The summed E-state index contributed by atoms with van der Waals surface area (Å²) in [6.45, 7) is 5.18. The van der Waals surface area contributed by atoms with Gasteiger partial charge in [-0.3, -0.25) is 4.79 Å². The second-order valence-electron chi connectivity index (χ2n) is 4.72. The summed E-state index contributed by atoms with van der Waals surface area (Å²) in [7, 11) is 0. The summed E-state index contributed by atoms with van der Waals surface area (Å²) >= 11 is 0. The summed E-state index contributed by atoms with van der Waals surface area (Å²) < 4.78 is 0. The highest BCUT2D eigenvalue weighted by Crippen LogP contribution is 2.34. The van der Waals surface area contributed by atoms with Gasteiger partial charge in [-0.1, -0.05) is 26.0 Å². The first-order chi connectivity index (χ1) is 8.27. The molecule has 17 heavy (non-hydrogen) atoms. The van der Waals surface area contributed by atoms with Crippen LogP contribution in [0.2, 0.25) is 0 Å². The van der Waals surface area contributed by atoms with E-state index in [1.165, 1.54) is 12.8 Å². The van der Waals surface area contributed by atoms with Crippen LogP contribution in [0.15, 0.2) is 24.3 Å². The lowest BCUT2D eigenvalue weighted by Crippen LogP contribution is -2.28. The minimum atomic E-state index is 0.252. The van der Waals surface area contributed by atoms with Crippen molar-refractivity contribution in [2.24, 2.45) is 0 Å². The van der Waals surface area contributed by atoms with Crippen LogP contribution in [0.5, 0.6) is 0 Å². The van der Waals surface area contributed by atoms with Gasteiger partial charge in [0.05, 0.1) is 0 Å². The van der Waals surface area contributed by atoms with E-state index in [9.17, 15) is 4.79 Å². The Hall–Kier alpha value is -1.31. The van der Waals surface area contributed by atoms with Gasteiger partial charge < -0.3 is 4.90 Å². The van der Waals surface area contributed by atoms with E-state index in [-0.39, 0.29) is 5.78 Å². The molecule has 0 saturated heterocycles. The van der Waals surface area contributed by atoms with Crippen molar-refractivity contribution >= 4 is 11.5 Å². The zero-order chi connectivity index (χ0) is 12.3. The first-order valence-electron chi connectivity index (χ1n) is 6.66. The van der Waals surface area contributed by atoms with E-state index in [0.29, 0.717) is 12.5 Å². The zero-order valence-electron chi connectivity index (χ0n) is 10.8. The number of rotatable bonds is 6. The SMILES string of the molecule is CCCN(c1ccccc1C(=O)CC)C1CC1. The number of hydrogen-bond donors (Lipinski definition) is 0. The Morgan fingerprint density at radius 3 is 2.59 bits per heavy atom. The normalized spacial score (nSPS) is 14.7. The van der Waals surface area contributed by atoms with Crippen molar-refractivity contribution < 1.29 is 4.79 Å². The van der Waals surface area contributed by atoms with Crippen molar-refractivity contribution in [3.63, 3.8) is 0 Å². The molecular weight excluding hydrogens is 210 g/mol. The number of carbonyl (C=O) groups excluding carboxylic acids is 1. The number of hydrogen-bond acceptors (Lipinski definition) is 2. The van der Waals surface area contributed by atoms with Crippen LogP contribution in [-0.4, -0.2) is 18.4 Å². The third-order valence-corrected chi connectivity index (χ3v) is 3.29. The highest BCUT2D eigenvalue weighted by Gasteiger charge is 2.30. The van der Waals surface area contributed by atoms with Crippen molar-refractivity contribution in [3.05, 3.63) is 29.8 Å². The first-order valence-corrected chi connectivity index (χ1v) is 6.66. The lowest BCUT2D eigenvalue weighted by molar-refractivity contribution is 0.0988. The summed E-state index contributed by atoms with van der Waals surface area (Å²) in [5, 5.41) is 0. The third-order valence-electron chi connectivity index (χ3n) is 3.29. The smallest absolute Gasteiger partial charge is 0.164 e. The fraction of sp³-hybridized carbons (Fsp3) is 0.533. The van der Waals surface area contributed by atoms with E-state index in [1.54, 1.807) is 0 Å². The van der Waals surface area contributed by atoms with Crippen molar-refractivity contribution in [1.29, 1.82) is 0 Å². The Balaban J connectivity index is 2.31. The number of anilines is 1. The molecule has 92 valence electrons. The Morgan fingerprint density at radius 1 is 1.29 bits per heavy atom. The lowest BCUT2D eigenvalue weighted by Gasteiger charge is -2.26. The fourth-order valence-corrected chi connectivity index (χ4v) is 2.28. The molecular formula is C15H21NO. The second-order valence-corrected chi connectivity index (χ2v) is 4.72. The molecule has 1 fully saturated rings. The number of para-hydroxylation sites is 1. The van der Waals surface area contributed by atoms with Crippen molar-refractivity contribution in [3.8, 4) is 0 Å². The van der Waals surface area contributed by atoms with E-state index < -0.39 is 0 Å². The van der Waals surface area contributed by atoms with Crippen LogP contribution in [0.3, 0.4) is 0 Å².